The predicted molar refractivity (Wildman–Crippen MR) is 57.9 cm³/mol. The van der Waals surface area contributed by atoms with Crippen LogP contribution in [0.5, 0.6) is 0 Å². The van der Waals surface area contributed by atoms with E-state index in [9.17, 15) is 4.79 Å². The Kier molecular flexibility index (Phi) is 2.87. The fraction of sp³-hybridized carbons (Fsp3) is 0.364. The second-order valence-corrected chi connectivity index (χ2v) is 3.43. The molecule has 1 N–H and O–H groups in total. The van der Waals surface area contributed by atoms with Gasteiger partial charge in [0.2, 0.25) is 0 Å². The van der Waals surface area contributed by atoms with Gasteiger partial charge in [0.05, 0.1) is 12.2 Å². The van der Waals surface area contributed by atoms with Crippen molar-refractivity contribution in [2.24, 2.45) is 0 Å². The second kappa shape index (κ2) is 4.31. The molecular weight excluding hydrogens is 192 g/mol. The van der Waals surface area contributed by atoms with Crippen molar-refractivity contribution < 1.29 is 9.53 Å². The van der Waals surface area contributed by atoms with Gasteiger partial charge < -0.3 is 10.1 Å². The van der Waals surface area contributed by atoms with Crippen molar-refractivity contribution in [3.8, 4) is 0 Å². The third-order valence-electron chi connectivity index (χ3n) is 2.41. The van der Waals surface area contributed by atoms with Gasteiger partial charge in [-0.25, -0.2) is 4.79 Å². The number of rotatable bonds is 3. The summed E-state index contributed by atoms with van der Waals surface area (Å²) < 4.78 is 4.92. The third-order valence-corrected chi connectivity index (χ3v) is 2.41. The third kappa shape index (κ3) is 1.94. The average molecular weight is 206 g/mol. The first-order chi connectivity index (χ1) is 7.33. The zero-order valence-corrected chi connectivity index (χ0v) is 8.69. The zero-order chi connectivity index (χ0) is 10.7. The highest BCUT2D eigenvalue weighted by atomic mass is 16.6. The number of benzene rings is 1. The first-order valence-electron chi connectivity index (χ1n) is 4.99. The summed E-state index contributed by atoms with van der Waals surface area (Å²) in [6, 6.07) is 7.86. The fourth-order valence-electron chi connectivity index (χ4n) is 1.73. The van der Waals surface area contributed by atoms with E-state index >= 15 is 0 Å². The number of hydrogen-bond acceptors (Lipinski definition) is 3. The molecule has 15 heavy (non-hydrogen) atoms. The minimum absolute atomic E-state index is 0.251. The maximum atomic E-state index is 11.4. The van der Waals surface area contributed by atoms with Gasteiger partial charge in [0.25, 0.3) is 0 Å². The lowest BCUT2D eigenvalue weighted by atomic mass is 10.1. The molecule has 0 bridgehead atoms. The van der Waals surface area contributed by atoms with Crippen LogP contribution in [0.15, 0.2) is 24.3 Å². The van der Waals surface area contributed by atoms with Crippen molar-refractivity contribution in [1.29, 1.82) is 0 Å². The van der Waals surface area contributed by atoms with Crippen LogP contribution in [0.25, 0.3) is 0 Å². The molecule has 4 nitrogen and oxygen atoms in total. The van der Waals surface area contributed by atoms with Gasteiger partial charge in [0.1, 0.15) is 6.61 Å². The van der Waals surface area contributed by atoms with E-state index in [1.807, 2.05) is 31.3 Å². The summed E-state index contributed by atoms with van der Waals surface area (Å²) >= 11 is 0. The van der Waals surface area contributed by atoms with Crippen LogP contribution in [-0.2, 0) is 11.3 Å². The minimum atomic E-state index is -0.251. The first kappa shape index (κ1) is 9.98. The van der Waals surface area contributed by atoms with E-state index in [2.05, 4.69) is 5.32 Å². The topological polar surface area (TPSA) is 41.6 Å². The number of carbonyl (C=O) groups is 1. The Morgan fingerprint density at radius 2 is 2.27 bits per heavy atom. The zero-order valence-electron chi connectivity index (χ0n) is 8.69. The monoisotopic (exact) mass is 206 g/mol. The highest BCUT2D eigenvalue weighted by Gasteiger charge is 2.24. The van der Waals surface area contributed by atoms with Gasteiger partial charge in [0, 0.05) is 6.54 Å². The summed E-state index contributed by atoms with van der Waals surface area (Å²) in [4.78, 5) is 13.1. The molecule has 1 aliphatic rings. The summed E-state index contributed by atoms with van der Waals surface area (Å²) in [5.74, 6) is 0. The summed E-state index contributed by atoms with van der Waals surface area (Å²) in [6.07, 6.45) is -0.251. The fourth-order valence-corrected chi connectivity index (χ4v) is 1.73. The lowest BCUT2D eigenvalue weighted by Gasteiger charge is -2.16. The molecule has 0 unspecified atom stereocenters. The van der Waals surface area contributed by atoms with E-state index in [0.29, 0.717) is 13.2 Å². The number of nitrogens with one attached hydrogen (secondary N) is 1. The van der Waals surface area contributed by atoms with Crippen molar-refractivity contribution in [3.63, 3.8) is 0 Å². The molecule has 4 heteroatoms. The van der Waals surface area contributed by atoms with Crippen LogP contribution in [0.1, 0.15) is 5.56 Å². The number of carbonyl (C=O) groups excluding carboxylic acids is 1. The number of amides is 1. The number of para-hydroxylation sites is 1. The smallest absolute Gasteiger partial charge is 0.414 e. The molecule has 2 rings (SSSR count). The van der Waals surface area contributed by atoms with Gasteiger partial charge in [-0.1, -0.05) is 18.2 Å². The number of ether oxygens (including phenoxy) is 1. The molecule has 1 aromatic rings. The SMILES string of the molecule is CNCc1ccccc1N1CCOC1=O. The lowest BCUT2D eigenvalue weighted by Crippen LogP contribution is -2.25. The molecule has 0 aromatic heterocycles. The molecule has 1 fully saturated rings. The molecule has 0 spiro atoms. The van der Waals surface area contributed by atoms with Crippen molar-refractivity contribution in [2.75, 3.05) is 25.1 Å². The van der Waals surface area contributed by atoms with Gasteiger partial charge in [0.15, 0.2) is 0 Å². The molecule has 0 aliphatic carbocycles. The predicted octanol–water partition coefficient (Wildman–Crippen LogP) is 1.36. The molecule has 1 saturated heterocycles. The van der Waals surface area contributed by atoms with E-state index in [1.54, 1.807) is 4.90 Å². The maximum absolute atomic E-state index is 11.4. The molecule has 0 atom stereocenters. The Labute approximate surface area is 88.8 Å². The van der Waals surface area contributed by atoms with Crippen LogP contribution < -0.4 is 10.2 Å². The molecule has 1 heterocycles. The normalized spacial score (nSPS) is 15.5. The van der Waals surface area contributed by atoms with E-state index in [-0.39, 0.29) is 6.09 Å². The Balaban J connectivity index is 2.29. The van der Waals surface area contributed by atoms with E-state index < -0.39 is 0 Å². The van der Waals surface area contributed by atoms with Crippen LogP contribution in [0, 0.1) is 0 Å². The molecular formula is C11H14N2O2. The van der Waals surface area contributed by atoms with Gasteiger partial charge in [-0.3, -0.25) is 4.90 Å². The Morgan fingerprint density at radius 1 is 1.47 bits per heavy atom. The van der Waals surface area contributed by atoms with E-state index in [1.165, 1.54) is 0 Å². The van der Waals surface area contributed by atoms with E-state index in [0.717, 1.165) is 17.8 Å². The number of cyclic esters (lactones) is 1. The largest absolute Gasteiger partial charge is 0.447 e. The summed E-state index contributed by atoms with van der Waals surface area (Å²) in [7, 11) is 1.89. The van der Waals surface area contributed by atoms with E-state index in [4.69, 9.17) is 4.74 Å². The van der Waals surface area contributed by atoms with Gasteiger partial charge >= 0.3 is 6.09 Å². The van der Waals surface area contributed by atoms with Crippen LogP contribution in [0.4, 0.5) is 10.5 Å². The van der Waals surface area contributed by atoms with Crippen LogP contribution in [-0.4, -0.2) is 26.3 Å². The van der Waals surface area contributed by atoms with Gasteiger partial charge in [-0.2, -0.15) is 0 Å². The van der Waals surface area contributed by atoms with Crippen molar-refractivity contribution >= 4 is 11.8 Å². The molecule has 1 aliphatic heterocycles. The lowest BCUT2D eigenvalue weighted by molar-refractivity contribution is 0.181. The molecule has 0 saturated carbocycles. The molecule has 1 amide bonds. The van der Waals surface area contributed by atoms with Crippen LogP contribution >= 0.6 is 0 Å². The molecule has 80 valence electrons. The van der Waals surface area contributed by atoms with Crippen LogP contribution in [0.3, 0.4) is 0 Å². The van der Waals surface area contributed by atoms with Crippen molar-refractivity contribution in [1.82, 2.24) is 5.32 Å². The quantitative estimate of drug-likeness (QED) is 0.812. The first-order valence-corrected chi connectivity index (χ1v) is 4.99. The Hall–Kier alpha value is -1.55. The summed E-state index contributed by atoms with van der Waals surface area (Å²) in [5, 5.41) is 3.08. The Morgan fingerprint density at radius 3 is 2.93 bits per heavy atom. The van der Waals surface area contributed by atoms with Crippen molar-refractivity contribution in [2.45, 2.75) is 6.54 Å². The van der Waals surface area contributed by atoms with Crippen molar-refractivity contribution in [3.05, 3.63) is 29.8 Å². The highest BCUT2D eigenvalue weighted by molar-refractivity contribution is 5.90. The standard InChI is InChI=1S/C11H14N2O2/c1-12-8-9-4-2-3-5-10(9)13-6-7-15-11(13)14/h2-5,12H,6-8H2,1H3. The van der Waals surface area contributed by atoms with Gasteiger partial charge in [-0.05, 0) is 18.7 Å². The molecule has 0 radical (unpaired) electrons. The molecule has 1 aromatic carbocycles. The Bertz CT molecular complexity index is 365. The summed E-state index contributed by atoms with van der Waals surface area (Å²) in [6.45, 7) is 1.87. The average Bonchev–Trinajstić information content (AvgIpc) is 2.66. The van der Waals surface area contributed by atoms with Gasteiger partial charge in [-0.15, -0.1) is 0 Å². The second-order valence-electron chi connectivity index (χ2n) is 3.43. The maximum Gasteiger partial charge on any atom is 0.414 e. The van der Waals surface area contributed by atoms with Crippen LogP contribution in [0.2, 0.25) is 0 Å². The highest BCUT2D eigenvalue weighted by Crippen LogP contribution is 2.23. The minimum Gasteiger partial charge on any atom is -0.447 e. The number of hydrogen-bond donors (Lipinski definition) is 1. The number of nitrogens with zero attached hydrogens (tertiary/aromatic N) is 1. The summed E-state index contributed by atoms with van der Waals surface area (Å²) in [5.41, 5.74) is 2.05. The number of anilines is 1.